The lowest BCUT2D eigenvalue weighted by molar-refractivity contribution is 0.0934. The highest BCUT2D eigenvalue weighted by molar-refractivity contribution is 9.10. The Labute approximate surface area is 117 Å². The van der Waals surface area contributed by atoms with Crippen molar-refractivity contribution < 1.29 is 9.21 Å². The third-order valence-electron chi connectivity index (χ3n) is 2.31. The van der Waals surface area contributed by atoms with Crippen LogP contribution in [-0.2, 0) is 0 Å². The van der Waals surface area contributed by atoms with E-state index in [9.17, 15) is 4.79 Å². The molecule has 0 saturated heterocycles. The molecular formula is C12H10BrClN2O2. The summed E-state index contributed by atoms with van der Waals surface area (Å²) in [6.45, 7) is 1.80. The quantitative estimate of drug-likeness (QED) is 0.843. The van der Waals surface area contributed by atoms with Crippen LogP contribution in [0.3, 0.4) is 0 Å². The second-order valence-corrected chi connectivity index (χ2v) is 4.96. The molecule has 94 valence electrons. The predicted octanol–water partition coefficient (Wildman–Crippen LogP) is 3.76. The number of carbonyl (C=O) groups excluding carboxylic acids is 1. The third-order valence-corrected chi connectivity index (χ3v) is 3.12. The Bertz CT molecular complexity index is 583. The van der Waals surface area contributed by atoms with Crippen molar-refractivity contribution in [1.82, 2.24) is 5.43 Å². The van der Waals surface area contributed by atoms with Gasteiger partial charge in [-0.2, -0.15) is 0 Å². The highest BCUT2D eigenvalue weighted by Gasteiger charge is 2.12. The molecule has 1 heterocycles. The van der Waals surface area contributed by atoms with Crippen LogP contribution in [0.25, 0.3) is 0 Å². The molecule has 2 N–H and O–H groups in total. The Balaban J connectivity index is 2.04. The molecule has 0 aliphatic rings. The van der Waals surface area contributed by atoms with Gasteiger partial charge in [0.1, 0.15) is 0 Å². The van der Waals surface area contributed by atoms with E-state index in [1.807, 2.05) is 6.07 Å². The Morgan fingerprint density at radius 3 is 2.78 bits per heavy atom. The van der Waals surface area contributed by atoms with Gasteiger partial charge in [0, 0.05) is 10.0 Å². The van der Waals surface area contributed by atoms with E-state index in [-0.39, 0.29) is 11.7 Å². The number of hydrazine groups is 1. The van der Waals surface area contributed by atoms with E-state index in [1.54, 1.807) is 25.1 Å². The van der Waals surface area contributed by atoms with Crippen molar-refractivity contribution in [2.75, 3.05) is 5.43 Å². The van der Waals surface area contributed by atoms with Gasteiger partial charge in [-0.15, -0.1) is 0 Å². The van der Waals surface area contributed by atoms with Gasteiger partial charge in [-0.1, -0.05) is 27.5 Å². The zero-order valence-corrected chi connectivity index (χ0v) is 11.8. The van der Waals surface area contributed by atoms with E-state index < -0.39 is 0 Å². The van der Waals surface area contributed by atoms with Crippen LogP contribution in [0.15, 0.2) is 39.4 Å². The molecule has 0 aliphatic heterocycles. The zero-order valence-electron chi connectivity index (χ0n) is 9.46. The largest absolute Gasteiger partial charge is 0.459 e. The number of halogens is 2. The average Bonchev–Trinajstić information content (AvgIpc) is 2.74. The molecule has 0 atom stereocenters. The third kappa shape index (κ3) is 2.86. The summed E-state index contributed by atoms with van der Waals surface area (Å²) in [6, 6.07) is 7.02. The molecule has 0 fully saturated rings. The maximum atomic E-state index is 11.8. The molecule has 2 rings (SSSR count). The summed E-state index contributed by atoms with van der Waals surface area (Å²) in [5.41, 5.74) is 6.65. The highest BCUT2D eigenvalue weighted by atomic mass is 79.9. The molecule has 0 bridgehead atoms. The molecule has 6 heteroatoms. The number of anilines is 1. The van der Waals surface area contributed by atoms with Crippen LogP contribution >= 0.6 is 27.5 Å². The summed E-state index contributed by atoms with van der Waals surface area (Å²) in [7, 11) is 0. The van der Waals surface area contributed by atoms with Crippen molar-refractivity contribution in [3.63, 3.8) is 0 Å². The van der Waals surface area contributed by atoms with Gasteiger partial charge in [0.2, 0.25) is 0 Å². The van der Waals surface area contributed by atoms with Crippen LogP contribution in [0.2, 0.25) is 5.02 Å². The minimum atomic E-state index is -0.350. The summed E-state index contributed by atoms with van der Waals surface area (Å²) in [5, 5.41) is 0.501. The Hall–Kier alpha value is -1.46. The number of furan rings is 1. The molecule has 1 aromatic heterocycles. The number of aryl methyl sites for hydroxylation is 1. The van der Waals surface area contributed by atoms with Crippen molar-refractivity contribution in [3.8, 4) is 0 Å². The van der Waals surface area contributed by atoms with Crippen molar-refractivity contribution >= 4 is 39.1 Å². The molecule has 1 aromatic carbocycles. The smallest absolute Gasteiger partial charge is 0.305 e. The second kappa shape index (κ2) is 5.46. The number of nitrogens with one attached hydrogen (secondary N) is 2. The van der Waals surface area contributed by atoms with Crippen LogP contribution in [0.4, 0.5) is 5.69 Å². The number of hydrogen-bond acceptors (Lipinski definition) is 3. The minimum absolute atomic E-state index is 0.274. The van der Waals surface area contributed by atoms with Crippen LogP contribution < -0.4 is 10.9 Å². The number of amides is 1. The van der Waals surface area contributed by atoms with Crippen molar-refractivity contribution in [1.29, 1.82) is 0 Å². The maximum absolute atomic E-state index is 11.8. The Kier molecular flexibility index (Phi) is 3.93. The molecular weight excluding hydrogens is 320 g/mol. The number of hydrogen-bond donors (Lipinski definition) is 2. The SMILES string of the molecule is Cc1ccoc1C(=O)NNc1ccc(Br)cc1Cl. The van der Waals surface area contributed by atoms with Gasteiger partial charge in [0.05, 0.1) is 17.0 Å². The lowest BCUT2D eigenvalue weighted by Gasteiger charge is -2.09. The molecule has 18 heavy (non-hydrogen) atoms. The summed E-state index contributed by atoms with van der Waals surface area (Å²) in [6.07, 6.45) is 1.47. The molecule has 2 aromatic rings. The van der Waals surface area contributed by atoms with Crippen molar-refractivity contribution in [3.05, 3.63) is 51.3 Å². The fraction of sp³-hybridized carbons (Fsp3) is 0.0833. The molecule has 0 spiro atoms. The van der Waals surface area contributed by atoms with E-state index in [2.05, 4.69) is 26.8 Å². The van der Waals surface area contributed by atoms with Crippen LogP contribution in [0.1, 0.15) is 16.1 Å². The minimum Gasteiger partial charge on any atom is -0.459 e. The summed E-state index contributed by atoms with van der Waals surface area (Å²) >= 11 is 9.30. The number of rotatable bonds is 3. The molecule has 0 saturated carbocycles. The van der Waals surface area contributed by atoms with E-state index in [4.69, 9.17) is 16.0 Å². The first-order valence-corrected chi connectivity index (χ1v) is 6.30. The lowest BCUT2D eigenvalue weighted by Crippen LogP contribution is -2.29. The molecule has 0 radical (unpaired) electrons. The van der Waals surface area contributed by atoms with E-state index in [1.165, 1.54) is 6.26 Å². The lowest BCUT2D eigenvalue weighted by atomic mass is 10.3. The van der Waals surface area contributed by atoms with Crippen LogP contribution in [0.5, 0.6) is 0 Å². The first-order chi connectivity index (χ1) is 8.58. The van der Waals surface area contributed by atoms with Crippen LogP contribution in [-0.4, -0.2) is 5.91 Å². The van der Waals surface area contributed by atoms with Gasteiger partial charge in [-0.05, 0) is 31.2 Å². The van der Waals surface area contributed by atoms with Gasteiger partial charge >= 0.3 is 5.91 Å². The second-order valence-electron chi connectivity index (χ2n) is 3.64. The first-order valence-electron chi connectivity index (χ1n) is 5.13. The monoisotopic (exact) mass is 328 g/mol. The standard InChI is InChI=1S/C12H10BrClN2O2/c1-7-4-5-18-11(7)12(17)16-15-10-3-2-8(13)6-9(10)14/h2-6,15H,1H3,(H,16,17). The molecule has 1 amide bonds. The van der Waals surface area contributed by atoms with E-state index in [0.29, 0.717) is 10.7 Å². The number of carbonyl (C=O) groups is 1. The summed E-state index contributed by atoms with van der Waals surface area (Å²) in [4.78, 5) is 11.8. The van der Waals surface area contributed by atoms with Gasteiger partial charge in [0.15, 0.2) is 5.76 Å². The zero-order chi connectivity index (χ0) is 13.1. The summed E-state index contributed by atoms with van der Waals surface area (Å²) < 4.78 is 5.94. The van der Waals surface area contributed by atoms with Gasteiger partial charge in [-0.3, -0.25) is 15.6 Å². The number of benzene rings is 1. The predicted molar refractivity (Wildman–Crippen MR) is 73.7 cm³/mol. The summed E-state index contributed by atoms with van der Waals surface area (Å²) in [5.74, 6) is -0.0766. The van der Waals surface area contributed by atoms with Gasteiger partial charge in [-0.25, -0.2) is 0 Å². The van der Waals surface area contributed by atoms with Gasteiger partial charge in [0.25, 0.3) is 0 Å². The molecule has 0 aliphatic carbocycles. The van der Waals surface area contributed by atoms with Crippen molar-refractivity contribution in [2.45, 2.75) is 6.92 Å². The molecule has 0 unspecified atom stereocenters. The Morgan fingerprint density at radius 2 is 2.17 bits per heavy atom. The molecule has 4 nitrogen and oxygen atoms in total. The Morgan fingerprint density at radius 1 is 1.39 bits per heavy atom. The van der Waals surface area contributed by atoms with Crippen LogP contribution in [0, 0.1) is 6.92 Å². The fourth-order valence-electron chi connectivity index (χ4n) is 1.38. The van der Waals surface area contributed by atoms with E-state index in [0.717, 1.165) is 10.0 Å². The van der Waals surface area contributed by atoms with Gasteiger partial charge < -0.3 is 4.42 Å². The highest BCUT2D eigenvalue weighted by Crippen LogP contribution is 2.25. The average molecular weight is 330 g/mol. The topological polar surface area (TPSA) is 54.3 Å². The van der Waals surface area contributed by atoms with E-state index >= 15 is 0 Å². The first kappa shape index (κ1) is 13.0. The fourth-order valence-corrected chi connectivity index (χ4v) is 2.10. The van der Waals surface area contributed by atoms with Crippen molar-refractivity contribution in [2.24, 2.45) is 0 Å². The normalized spacial score (nSPS) is 10.2. The maximum Gasteiger partial charge on any atom is 0.305 e.